The Bertz CT molecular complexity index is 588. The van der Waals surface area contributed by atoms with E-state index >= 15 is 0 Å². The number of hydrogen-bond acceptors (Lipinski definition) is 3. The van der Waals surface area contributed by atoms with Crippen LogP contribution in [0.5, 0.6) is 0 Å². The first-order valence-electron chi connectivity index (χ1n) is 6.92. The first kappa shape index (κ1) is 14.9. The molecule has 0 unspecified atom stereocenters. The third kappa shape index (κ3) is 4.53. The maximum Gasteiger partial charge on any atom is 0.243 e. The van der Waals surface area contributed by atoms with E-state index in [4.69, 9.17) is 0 Å². The molecule has 0 spiro atoms. The summed E-state index contributed by atoms with van der Waals surface area (Å²) in [6.45, 7) is 2.28. The molecule has 0 heterocycles. The highest BCUT2D eigenvalue weighted by Crippen LogP contribution is 2.15. The minimum absolute atomic E-state index is 0.0619. The lowest BCUT2D eigenvalue weighted by molar-refractivity contribution is -0.114. The summed E-state index contributed by atoms with van der Waals surface area (Å²) in [6, 6.07) is 15.7. The standard InChI is InChI=1S/C17H21N3O/c1-13-4-6-14(7-5-13)18-12-17(21)19-15-8-10-16(11-9-15)20(2)3/h4-11,18H,12H2,1-3H3,(H,19,21). The Balaban J connectivity index is 1.85. The molecule has 2 N–H and O–H groups in total. The number of nitrogens with zero attached hydrogens (tertiary/aromatic N) is 1. The maximum atomic E-state index is 11.9. The van der Waals surface area contributed by atoms with Gasteiger partial charge in [-0.2, -0.15) is 0 Å². The van der Waals surface area contributed by atoms with Crippen molar-refractivity contribution >= 4 is 23.0 Å². The lowest BCUT2D eigenvalue weighted by atomic mass is 10.2. The van der Waals surface area contributed by atoms with Crippen LogP contribution in [0.4, 0.5) is 17.1 Å². The predicted octanol–water partition coefficient (Wildman–Crippen LogP) is 3.11. The van der Waals surface area contributed by atoms with Crippen molar-refractivity contribution in [1.29, 1.82) is 0 Å². The van der Waals surface area contributed by atoms with E-state index in [1.807, 2.05) is 74.4 Å². The summed E-state index contributed by atoms with van der Waals surface area (Å²) in [5.41, 5.74) is 4.05. The topological polar surface area (TPSA) is 44.4 Å². The number of anilines is 3. The molecular formula is C17H21N3O. The highest BCUT2D eigenvalue weighted by atomic mass is 16.1. The van der Waals surface area contributed by atoms with Crippen molar-refractivity contribution in [3.63, 3.8) is 0 Å². The summed E-state index contributed by atoms with van der Waals surface area (Å²) in [6.07, 6.45) is 0. The van der Waals surface area contributed by atoms with Crippen molar-refractivity contribution < 1.29 is 4.79 Å². The van der Waals surface area contributed by atoms with Crippen LogP contribution in [0.15, 0.2) is 48.5 Å². The van der Waals surface area contributed by atoms with Crippen molar-refractivity contribution in [2.45, 2.75) is 6.92 Å². The lowest BCUT2D eigenvalue weighted by Crippen LogP contribution is -2.21. The predicted molar refractivity (Wildman–Crippen MR) is 89.1 cm³/mol. The summed E-state index contributed by atoms with van der Waals surface area (Å²) in [7, 11) is 3.97. The molecule has 4 nitrogen and oxygen atoms in total. The van der Waals surface area contributed by atoms with Gasteiger partial charge in [0.05, 0.1) is 6.54 Å². The number of amides is 1. The third-order valence-corrected chi connectivity index (χ3v) is 3.17. The molecule has 0 aliphatic heterocycles. The van der Waals surface area contributed by atoms with Crippen LogP contribution in [0.3, 0.4) is 0 Å². The van der Waals surface area contributed by atoms with Crippen molar-refractivity contribution in [1.82, 2.24) is 0 Å². The Kier molecular flexibility index (Phi) is 4.82. The monoisotopic (exact) mass is 283 g/mol. The molecule has 2 aromatic rings. The van der Waals surface area contributed by atoms with Gasteiger partial charge in [-0.15, -0.1) is 0 Å². The molecule has 2 rings (SSSR count). The molecule has 2 aromatic carbocycles. The van der Waals surface area contributed by atoms with Crippen LogP contribution in [0.2, 0.25) is 0 Å². The molecular weight excluding hydrogens is 262 g/mol. The fourth-order valence-corrected chi connectivity index (χ4v) is 1.90. The molecule has 110 valence electrons. The zero-order chi connectivity index (χ0) is 15.2. The van der Waals surface area contributed by atoms with E-state index in [9.17, 15) is 4.79 Å². The number of nitrogens with one attached hydrogen (secondary N) is 2. The van der Waals surface area contributed by atoms with Gasteiger partial charge < -0.3 is 15.5 Å². The smallest absolute Gasteiger partial charge is 0.243 e. The Morgan fingerprint density at radius 3 is 2.10 bits per heavy atom. The molecule has 0 saturated carbocycles. The second-order valence-electron chi connectivity index (χ2n) is 5.21. The van der Waals surface area contributed by atoms with E-state index in [0.29, 0.717) is 0 Å². The number of benzene rings is 2. The van der Waals surface area contributed by atoms with Crippen molar-refractivity contribution in [2.75, 3.05) is 36.2 Å². The summed E-state index contributed by atoms with van der Waals surface area (Å²) >= 11 is 0. The summed E-state index contributed by atoms with van der Waals surface area (Å²) in [5, 5.41) is 5.97. The highest BCUT2D eigenvalue weighted by molar-refractivity contribution is 5.93. The molecule has 0 bridgehead atoms. The van der Waals surface area contributed by atoms with E-state index in [1.165, 1.54) is 5.56 Å². The molecule has 0 atom stereocenters. The molecule has 0 aliphatic carbocycles. The van der Waals surface area contributed by atoms with E-state index in [1.54, 1.807) is 0 Å². The van der Waals surface area contributed by atoms with Crippen LogP contribution < -0.4 is 15.5 Å². The van der Waals surface area contributed by atoms with Gasteiger partial charge in [0.25, 0.3) is 0 Å². The molecule has 0 aromatic heterocycles. The minimum atomic E-state index is -0.0619. The van der Waals surface area contributed by atoms with Crippen molar-refractivity contribution in [3.05, 3.63) is 54.1 Å². The average molecular weight is 283 g/mol. The fourth-order valence-electron chi connectivity index (χ4n) is 1.90. The molecule has 0 fully saturated rings. The first-order valence-corrected chi connectivity index (χ1v) is 6.92. The minimum Gasteiger partial charge on any atom is -0.378 e. The van der Waals surface area contributed by atoms with Gasteiger partial charge >= 0.3 is 0 Å². The lowest BCUT2D eigenvalue weighted by Gasteiger charge is -2.13. The Hall–Kier alpha value is -2.49. The van der Waals surface area contributed by atoms with Gasteiger partial charge in [0.2, 0.25) is 5.91 Å². The van der Waals surface area contributed by atoms with Gasteiger partial charge in [0, 0.05) is 31.2 Å². The normalized spacial score (nSPS) is 10.0. The Morgan fingerprint density at radius 2 is 1.52 bits per heavy atom. The quantitative estimate of drug-likeness (QED) is 0.886. The SMILES string of the molecule is Cc1ccc(NCC(=O)Nc2ccc(N(C)C)cc2)cc1. The van der Waals surface area contributed by atoms with Gasteiger partial charge in [-0.3, -0.25) is 4.79 Å². The largest absolute Gasteiger partial charge is 0.378 e. The summed E-state index contributed by atoms with van der Waals surface area (Å²) in [5.74, 6) is -0.0619. The summed E-state index contributed by atoms with van der Waals surface area (Å²) < 4.78 is 0. The van der Waals surface area contributed by atoms with Crippen LogP contribution in [-0.4, -0.2) is 26.5 Å². The number of aryl methyl sites for hydroxylation is 1. The second-order valence-corrected chi connectivity index (χ2v) is 5.21. The van der Waals surface area contributed by atoms with Crippen LogP contribution in [0.25, 0.3) is 0 Å². The number of carbonyl (C=O) groups is 1. The van der Waals surface area contributed by atoms with E-state index < -0.39 is 0 Å². The summed E-state index contributed by atoms with van der Waals surface area (Å²) in [4.78, 5) is 13.9. The molecule has 1 amide bonds. The van der Waals surface area contributed by atoms with Crippen LogP contribution in [0.1, 0.15) is 5.56 Å². The van der Waals surface area contributed by atoms with Gasteiger partial charge in [-0.25, -0.2) is 0 Å². The van der Waals surface area contributed by atoms with Crippen molar-refractivity contribution in [3.8, 4) is 0 Å². The fraction of sp³-hybridized carbons (Fsp3) is 0.235. The molecule has 0 radical (unpaired) electrons. The van der Waals surface area contributed by atoms with E-state index in [-0.39, 0.29) is 12.5 Å². The Morgan fingerprint density at radius 1 is 0.952 bits per heavy atom. The van der Waals surface area contributed by atoms with E-state index in [0.717, 1.165) is 17.1 Å². The third-order valence-electron chi connectivity index (χ3n) is 3.17. The van der Waals surface area contributed by atoms with Gasteiger partial charge in [-0.1, -0.05) is 17.7 Å². The van der Waals surface area contributed by atoms with Crippen LogP contribution >= 0.6 is 0 Å². The van der Waals surface area contributed by atoms with Crippen LogP contribution in [0, 0.1) is 6.92 Å². The first-order chi connectivity index (χ1) is 10.0. The molecule has 4 heteroatoms. The highest BCUT2D eigenvalue weighted by Gasteiger charge is 2.03. The number of hydrogen-bond donors (Lipinski definition) is 2. The van der Waals surface area contributed by atoms with Crippen molar-refractivity contribution in [2.24, 2.45) is 0 Å². The zero-order valence-corrected chi connectivity index (χ0v) is 12.7. The Labute approximate surface area is 125 Å². The molecule has 0 saturated heterocycles. The van der Waals surface area contributed by atoms with Gasteiger partial charge in [-0.05, 0) is 43.3 Å². The molecule has 21 heavy (non-hydrogen) atoms. The zero-order valence-electron chi connectivity index (χ0n) is 12.7. The van der Waals surface area contributed by atoms with Gasteiger partial charge in [0.1, 0.15) is 0 Å². The maximum absolute atomic E-state index is 11.9. The van der Waals surface area contributed by atoms with E-state index in [2.05, 4.69) is 10.6 Å². The van der Waals surface area contributed by atoms with Crippen LogP contribution in [-0.2, 0) is 4.79 Å². The molecule has 0 aliphatic rings. The second kappa shape index (κ2) is 6.79. The number of rotatable bonds is 5. The number of carbonyl (C=O) groups excluding carboxylic acids is 1. The average Bonchev–Trinajstić information content (AvgIpc) is 2.47. The van der Waals surface area contributed by atoms with Gasteiger partial charge in [0.15, 0.2) is 0 Å².